The van der Waals surface area contributed by atoms with Crippen molar-refractivity contribution in [2.75, 3.05) is 5.32 Å². The molecule has 1 unspecified atom stereocenters. The average molecular weight is 558 g/mol. The number of nitrogens with one attached hydrogen (secondary N) is 2. The number of carbonyl (C=O) groups excluding carboxylic acids is 2. The quantitative estimate of drug-likeness (QED) is 0.406. The Morgan fingerprint density at radius 1 is 1.18 bits per heavy atom. The first kappa shape index (κ1) is 28.3. The molecule has 1 aliphatic carbocycles. The van der Waals surface area contributed by atoms with Gasteiger partial charge in [-0.2, -0.15) is 14.9 Å². The lowest BCUT2D eigenvalue weighted by Gasteiger charge is -2.18. The van der Waals surface area contributed by atoms with E-state index in [1.54, 1.807) is 27.7 Å². The van der Waals surface area contributed by atoms with Gasteiger partial charge >= 0.3 is 12.5 Å². The summed E-state index contributed by atoms with van der Waals surface area (Å²) in [5, 5.41) is 18.5. The molecule has 1 aromatic carbocycles. The molecule has 40 heavy (non-hydrogen) atoms. The fourth-order valence-electron chi connectivity index (χ4n) is 3.74. The van der Waals surface area contributed by atoms with Gasteiger partial charge in [0.25, 0.3) is 11.9 Å². The molecule has 2 N–H and O–H groups in total. The topological polar surface area (TPSA) is 144 Å². The molecule has 14 heteroatoms. The lowest BCUT2D eigenvalue weighted by atomic mass is 10.1. The van der Waals surface area contributed by atoms with Gasteiger partial charge in [0.05, 0.1) is 11.6 Å². The van der Waals surface area contributed by atoms with Crippen molar-refractivity contribution in [2.45, 2.75) is 64.5 Å². The fourth-order valence-corrected chi connectivity index (χ4v) is 3.74. The molecule has 0 bridgehead atoms. The molecular formula is C26H26F3N7O4. The molecule has 210 valence electrons. The van der Waals surface area contributed by atoms with E-state index in [0.717, 1.165) is 18.9 Å². The molecule has 2 amide bonds. The first-order valence-corrected chi connectivity index (χ1v) is 12.3. The van der Waals surface area contributed by atoms with Crippen LogP contribution in [0.2, 0.25) is 0 Å². The Hall–Kier alpha value is -4.67. The number of anilines is 1. The molecule has 4 rings (SSSR count). The van der Waals surface area contributed by atoms with Gasteiger partial charge in [-0.15, -0.1) is 18.3 Å². The Kier molecular flexibility index (Phi) is 7.68. The lowest BCUT2D eigenvalue weighted by molar-refractivity contribution is -0.274. The molecule has 1 fully saturated rings. The third-order valence-corrected chi connectivity index (χ3v) is 5.55. The highest BCUT2D eigenvalue weighted by Crippen LogP contribution is 2.42. The Morgan fingerprint density at radius 2 is 1.90 bits per heavy atom. The predicted octanol–water partition coefficient (Wildman–Crippen LogP) is 5.15. The van der Waals surface area contributed by atoms with Crippen LogP contribution in [0.3, 0.4) is 0 Å². The monoisotopic (exact) mass is 557 g/mol. The second-order valence-corrected chi connectivity index (χ2v) is 10.2. The maximum atomic E-state index is 13.2. The third-order valence-electron chi connectivity index (χ3n) is 5.55. The summed E-state index contributed by atoms with van der Waals surface area (Å²) in [7, 11) is 0. The van der Waals surface area contributed by atoms with Crippen LogP contribution in [0, 0.1) is 11.3 Å². The van der Waals surface area contributed by atoms with Gasteiger partial charge in [-0.3, -0.25) is 10.1 Å². The maximum absolute atomic E-state index is 13.2. The van der Waals surface area contributed by atoms with E-state index in [1.807, 2.05) is 6.07 Å². The summed E-state index contributed by atoms with van der Waals surface area (Å²) in [5.74, 6) is -0.867. The minimum Gasteiger partial charge on any atom is -0.444 e. The number of hydrogen-bond acceptors (Lipinski definition) is 8. The van der Waals surface area contributed by atoms with Gasteiger partial charge < -0.3 is 14.8 Å². The molecule has 0 aliphatic heterocycles. The number of alkyl halides is 3. The third kappa shape index (κ3) is 7.46. The number of rotatable bonds is 7. The van der Waals surface area contributed by atoms with Crippen molar-refractivity contribution in [1.29, 1.82) is 5.26 Å². The van der Waals surface area contributed by atoms with Gasteiger partial charge in [0.1, 0.15) is 17.4 Å². The summed E-state index contributed by atoms with van der Waals surface area (Å²) in [5.41, 5.74) is 0.0690. The van der Waals surface area contributed by atoms with Crippen molar-refractivity contribution in [3.8, 4) is 17.6 Å². The summed E-state index contributed by atoms with van der Waals surface area (Å²) in [4.78, 5) is 34.0. The van der Waals surface area contributed by atoms with Crippen molar-refractivity contribution in [3.63, 3.8) is 0 Å². The number of benzene rings is 1. The first-order valence-electron chi connectivity index (χ1n) is 12.3. The molecule has 0 spiro atoms. The minimum absolute atomic E-state index is 0.0230. The van der Waals surface area contributed by atoms with Crippen LogP contribution in [0.25, 0.3) is 5.82 Å². The van der Waals surface area contributed by atoms with E-state index >= 15 is 0 Å². The number of halogens is 3. The van der Waals surface area contributed by atoms with Gasteiger partial charge in [0.2, 0.25) is 0 Å². The summed E-state index contributed by atoms with van der Waals surface area (Å²) in [6.45, 7) is 6.64. The maximum Gasteiger partial charge on any atom is 0.573 e. The van der Waals surface area contributed by atoms with Crippen molar-refractivity contribution in [2.24, 2.45) is 0 Å². The summed E-state index contributed by atoms with van der Waals surface area (Å²) >= 11 is 0. The van der Waals surface area contributed by atoms with Crippen LogP contribution in [0.5, 0.6) is 5.75 Å². The first-order chi connectivity index (χ1) is 18.7. The summed E-state index contributed by atoms with van der Waals surface area (Å²) in [6.07, 6.45) is -2.79. The summed E-state index contributed by atoms with van der Waals surface area (Å²) in [6, 6.07) is 7.94. The smallest absolute Gasteiger partial charge is 0.444 e. The number of nitrogens with zero attached hydrogens (tertiary/aromatic N) is 5. The molecule has 1 saturated carbocycles. The second kappa shape index (κ2) is 10.8. The lowest BCUT2D eigenvalue weighted by Crippen LogP contribution is -2.29. The van der Waals surface area contributed by atoms with Crippen LogP contribution in [-0.2, 0) is 4.74 Å². The van der Waals surface area contributed by atoms with Crippen molar-refractivity contribution in [3.05, 3.63) is 59.0 Å². The van der Waals surface area contributed by atoms with Gasteiger partial charge in [0, 0.05) is 11.8 Å². The normalized spacial score (nSPS) is 14.2. The minimum atomic E-state index is -4.91. The zero-order valence-corrected chi connectivity index (χ0v) is 22.0. The van der Waals surface area contributed by atoms with Crippen molar-refractivity contribution in [1.82, 2.24) is 25.1 Å². The zero-order valence-electron chi connectivity index (χ0n) is 22.0. The molecule has 1 aliphatic rings. The number of carbonyl (C=O) groups is 2. The predicted molar refractivity (Wildman–Crippen MR) is 135 cm³/mol. The Balaban J connectivity index is 1.62. The van der Waals surface area contributed by atoms with E-state index in [4.69, 9.17) is 10.00 Å². The van der Waals surface area contributed by atoms with E-state index in [0.29, 0.717) is 11.1 Å². The van der Waals surface area contributed by atoms with Crippen LogP contribution >= 0.6 is 0 Å². The van der Waals surface area contributed by atoms with E-state index in [9.17, 15) is 22.8 Å². The fraction of sp³-hybridized carbons (Fsp3) is 0.385. The number of ether oxygens (including phenoxy) is 2. The molecule has 2 heterocycles. The van der Waals surface area contributed by atoms with Crippen LogP contribution in [-0.4, -0.2) is 43.7 Å². The van der Waals surface area contributed by atoms with Gasteiger partial charge in [-0.25, -0.2) is 9.78 Å². The Bertz CT molecular complexity index is 1450. The number of amides is 2. The molecule has 1 atom stereocenters. The standard InChI is InChI=1S/C26H26F3N7O4/c1-14(32-22(37)18-9-17(16-6-7-16)10-19(11-18)39-26(27,28)29)21-33-23(34-24(38)40-25(2,3)4)35-36(21)20-8-5-15(12-30)13-31-20/h5,8-11,13-14,16H,6-7H2,1-4H3,(H,32,37)(H,34,35,38). The Morgan fingerprint density at radius 3 is 2.48 bits per heavy atom. The van der Waals surface area contributed by atoms with Crippen LogP contribution in [0.4, 0.5) is 23.9 Å². The number of aromatic nitrogens is 4. The van der Waals surface area contributed by atoms with Crippen LogP contribution in [0.1, 0.15) is 79.8 Å². The number of pyridine rings is 1. The molecule has 11 nitrogen and oxygen atoms in total. The largest absolute Gasteiger partial charge is 0.573 e. The highest BCUT2D eigenvalue weighted by atomic mass is 19.4. The van der Waals surface area contributed by atoms with E-state index < -0.39 is 35.8 Å². The number of nitriles is 1. The van der Waals surface area contributed by atoms with E-state index in [1.165, 1.54) is 35.1 Å². The van der Waals surface area contributed by atoms with Gasteiger partial charge in [-0.05, 0) is 82.3 Å². The SMILES string of the molecule is CC(NC(=O)c1cc(OC(F)(F)F)cc(C2CC2)c1)c1nc(NC(=O)OC(C)(C)C)nn1-c1ccc(C#N)cn1. The Labute approximate surface area is 227 Å². The van der Waals surface area contributed by atoms with E-state index in [2.05, 4.69) is 30.4 Å². The molecule has 2 aromatic heterocycles. The van der Waals surface area contributed by atoms with Crippen LogP contribution in [0.15, 0.2) is 36.5 Å². The zero-order chi connectivity index (χ0) is 29.2. The average Bonchev–Trinajstić information content (AvgIpc) is 3.62. The molecule has 0 radical (unpaired) electrons. The highest BCUT2D eigenvalue weighted by Gasteiger charge is 2.33. The number of hydrogen-bond donors (Lipinski definition) is 2. The molecule has 0 saturated heterocycles. The van der Waals surface area contributed by atoms with Gasteiger partial charge in [0.15, 0.2) is 11.6 Å². The second-order valence-electron chi connectivity index (χ2n) is 10.2. The molecule has 3 aromatic rings. The van der Waals surface area contributed by atoms with Gasteiger partial charge in [-0.1, -0.05) is 0 Å². The van der Waals surface area contributed by atoms with E-state index in [-0.39, 0.29) is 29.1 Å². The van der Waals surface area contributed by atoms with Crippen molar-refractivity contribution < 1.29 is 32.2 Å². The summed E-state index contributed by atoms with van der Waals surface area (Å²) < 4.78 is 49.2. The van der Waals surface area contributed by atoms with Crippen LogP contribution < -0.4 is 15.4 Å². The molecular weight excluding hydrogens is 531 g/mol. The highest BCUT2D eigenvalue weighted by molar-refractivity contribution is 5.95. The van der Waals surface area contributed by atoms with Crippen molar-refractivity contribution >= 4 is 17.9 Å².